The zero-order valence-corrected chi connectivity index (χ0v) is 23.4. The molecule has 0 saturated carbocycles. The molecular weight excluding hydrogens is 460 g/mol. The molecule has 0 N–H and O–H groups in total. The number of hydrogen-bond acceptors (Lipinski definition) is 4. The number of carbonyl (C=O) groups is 1. The summed E-state index contributed by atoms with van der Waals surface area (Å²) in [5.74, 6) is 2.03. The highest BCUT2D eigenvalue weighted by Gasteiger charge is 2.17. The molecule has 4 heteroatoms. The van der Waals surface area contributed by atoms with Gasteiger partial charge < -0.3 is 14.2 Å². The number of rotatable bonds is 21. The molecule has 0 atom stereocenters. The van der Waals surface area contributed by atoms with Crippen LogP contribution in [0.25, 0.3) is 6.08 Å². The molecule has 0 radical (unpaired) electrons. The molecule has 204 valence electrons. The van der Waals surface area contributed by atoms with Gasteiger partial charge in [0.25, 0.3) is 0 Å². The first kappa shape index (κ1) is 30.5. The van der Waals surface area contributed by atoms with Crippen molar-refractivity contribution < 1.29 is 19.0 Å². The Labute approximate surface area is 225 Å². The predicted molar refractivity (Wildman–Crippen MR) is 155 cm³/mol. The fraction of sp³-hybridized carbons (Fsp3) is 0.545. The number of unbranched alkanes of at least 4 members (excludes halogenated alkanes) is 9. The van der Waals surface area contributed by atoms with Crippen LogP contribution in [0.5, 0.6) is 17.2 Å². The van der Waals surface area contributed by atoms with Crippen molar-refractivity contribution in [2.75, 3.05) is 19.8 Å². The lowest BCUT2D eigenvalue weighted by molar-refractivity contribution is 0.104. The normalized spacial score (nSPS) is 11.1. The summed E-state index contributed by atoms with van der Waals surface area (Å²) in [5.41, 5.74) is 1.50. The molecule has 2 aromatic rings. The van der Waals surface area contributed by atoms with E-state index in [9.17, 15) is 4.79 Å². The third-order valence-electron chi connectivity index (χ3n) is 6.32. The Morgan fingerprint density at radius 2 is 1.16 bits per heavy atom. The average molecular weight is 509 g/mol. The van der Waals surface area contributed by atoms with Crippen LogP contribution in [0.4, 0.5) is 0 Å². The SMILES string of the molecule is CCCCCCOc1ccc(C=CC(=O)c2ccccc2)c(OCCCCCC)c1OCCCCCC. The summed E-state index contributed by atoms with van der Waals surface area (Å²) in [6.07, 6.45) is 17.1. The van der Waals surface area contributed by atoms with Crippen molar-refractivity contribution in [2.45, 2.75) is 97.8 Å². The molecule has 0 amide bonds. The maximum atomic E-state index is 12.7. The molecule has 2 aromatic carbocycles. The van der Waals surface area contributed by atoms with Crippen molar-refractivity contribution >= 4 is 11.9 Å². The van der Waals surface area contributed by atoms with E-state index in [1.54, 1.807) is 6.08 Å². The molecule has 0 bridgehead atoms. The van der Waals surface area contributed by atoms with Crippen molar-refractivity contribution in [3.05, 3.63) is 59.7 Å². The van der Waals surface area contributed by atoms with Crippen molar-refractivity contribution in [3.8, 4) is 17.2 Å². The van der Waals surface area contributed by atoms with E-state index in [-0.39, 0.29) is 5.78 Å². The van der Waals surface area contributed by atoms with Gasteiger partial charge in [-0.1, -0.05) is 109 Å². The van der Waals surface area contributed by atoms with Gasteiger partial charge in [-0.25, -0.2) is 0 Å². The Hall–Kier alpha value is -2.75. The van der Waals surface area contributed by atoms with E-state index >= 15 is 0 Å². The van der Waals surface area contributed by atoms with Gasteiger partial charge in [0.15, 0.2) is 17.3 Å². The smallest absolute Gasteiger partial charge is 0.204 e. The monoisotopic (exact) mass is 508 g/mol. The first-order valence-corrected chi connectivity index (χ1v) is 14.5. The molecule has 0 saturated heterocycles. The van der Waals surface area contributed by atoms with Crippen molar-refractivity contribution in [2.24, 2.45) is 0 Å². The molecular formula is C33H48O4. The van der Waals surface area contributed by atoms with E-state index in [1.165, 1.54) is 38.5 Å². The fourth-order valence-corrected chi connectivity index (χ4v) is 4.07. The summed E-state index contributed by atoms with van der Waals surface area (Å²) in [4.78, 5) is 12.7. The molecule has 0 unspecified atom stereocenters. The first-order chi connectivity index (χ1) is 18.2. The van der Waals surface area contributed by atoms with E-state index in [1.807, 2.05) is 48.5 Å². The standard InChI is InChI=1S/C33H48O4/c1-4-7-10-16-25-35-31-24-22-29(21-23-30(34)28-19-14-13-15-20-28)32(36-26-17-11-8-5-2)33(31)37-27-18-12-9-6-3/h13-15,19-24H,4-12,16-18,25-27H2,1-3H3. The molecule has 0 aromatic heterocycles. The Kier molecular flexibility index (Phi) is 16.0. The van der Waals surface area contributed by atoms with Crippen LogP contribution in [-0.2, 0) is 0 Å². The number of ketones is 1. The zero-order valence-electron chi connectivity index (χ0n) is 23.4. The lowest BCUT2D eigenvalue weighted by atomic mass is 10.1. The van der Waals surface area contributed by atoms with Gasteiger partial charge in [-0.15, -0.1) is 0 Å². The van der Waals surface area contributed by atoms with Gasteiger partial charge in [0.1, 0.15) is 0 Å². The van der Waals surface area contributed by atoms with Crippen LogP contribution in [0.15, 0.2) is 48.5 Å². The van der Waals surface area contributed by atoms with Gasteiger partial charge in [0, 0.05) is 11.1 Å². The molecule has 2 rings (SSSR count). The van der Waals surface area contributed by atoms with Crippen molar-refractivity contribution in [1.29, 1.82) is 0 Å². The second kappa shape index (κ2) is 19.4. The van der Waals surface area contributed by atoms with Gasteiger partial charge in [-0.2, -0.15) is 0 Å². The molecule has 0 aliphatic carbocycles. The number of hydrogen-bond donors (Lipinski definition) is 0. The largest absolute Gasteiger partial charge is 0.490 e. The molecule has 0 aliphatic rings. The molecule has 37 heavy (non-hydrogen) atoms. The van der Waals surface area contributed by atoms with E-state index in [0.717, 1.165) is 49.8 Å². The first-order valence-electron chi connectivity index (χ1n) is 14.5. The van der Waals surface area contributed by atoms with Gasteiger partial charge >= 0.3 is 0 Å². The zero-order chi connectivity index (χ0) is 26.6. The van der Waals surface area contributed by atoms with Gasteiger partial charge in [0.05, 0.1) is 19.8 Å². The summed E-state index contributed by atoms with van der Waals surface area (Å²) < 4.78 is 18.9. The van der Waals surface area contributed by atoms with E-state index in [4.69, 9.17) is 14.2 Å². The summed E-state index contributed by atoms with van der Waals surface area (Å²) in [6, 6.07) is 13.3. The van der Waals surface area contributed by atoms with E-state index in [0.29, 0.717) is 36.9 Å². The quantitative estimate of drug-likeness (QED) is 0.0957. The van der Waals surface area contributed by atoms with Crippen LogP contribution in [0.1, 0.15) is 114 Å². The highest BCUT2D eigenvalue weighted by atomic mass is 16.5. The Morgan fingerprint density at radius 1 is 0.622 bits per heavy atom. The van der Waals surface area contributed by atoms with E-state index < -0.39 is 0 Å². The van der Waals surface area contributed by atoms with Crippen LogP contribution < -0.4 is 14.2 Å². The van der Waals surface area contributed by atoms with Crippen molar-refractivity contribution in [1.82, 2.24) is 0 Å². The summed E-state index contributed by atoms with van der Waals surface area (Å²) in [6.45, 7) is 8.52. The van der Waals surface area contributed by atoms with Crippen molar-refractivity contribution in [3.63, 3.8) is 0 Å². The predicted octanol–water partition coefficient (Wildman–Crippen LogP) is 9.46. The van der Waals surface area contributed by atoms with Crippen LogP contribution >= 0.6 is 0 Å². The second-order valence-corrected chi connectivity index (χ2v) is 9.60. The summed E-state index contributed by atoms with van der Waals surface area (Å²) >= 11 is 0. The minimum atomic E-state index is -0.0345. The molecule has 0 aliphatic heterocycles. The molecule has 0 heterocycles. The fourth-order valence-electron chi connectivity index (χ4n) is 4.07. The third kappa shape index (κ3) is 11.9. The Morgan fingerprint density at radius 3 is 1.73 bits per heavy atom. The van der Waals surface area contributed by atoms with Gasteiger partial charge in [-0.3, -0.25) is 4.79 Å². The highest BCUT2D eigenvalue weighted by molar-refractivity contribution is 6.07. The molecule has 0 spiro atoms. The summed E-state index contributed by atoms with van der Waals surface area (Å²) in [5, 5.41) is 0. The number of ether oxygens (including phenoxy) is 3. The minimum absolute atomic E-state index is 0.0345. The van der Waals surface area contributed by atoms with Gasteiger partial charge in [-0.05, 0) is 43.5 Å². The molecule has 0 fully saturated rings. The number of carbonyl (C=O) groups excluding carboxylic acids is 1. The Bertz CT molecular complexity index is 904. The van der Waals surface area contributed by atoms with E-state index in [2.05, 4.69) is 20.8 Å². The second-order valence-electron chi connectivity index (χ2n) is 9.60. The number of benzene rings is 2. The maximum absolute atomic E-state index is 12.7. The third-order valence-corrected chi connectivity index (χ3v) is 6.32. The van der Waals surface area contributed by atoms with Crippen LogP contribution in [0.3, 0.4) is 0 Å². The topological polar surface area (TPSA) is 44.8 Å². The summed E-state index contributed by atoms with van der Waals surface area (Å²) in [7, 11) is 0. The van der Waals surface area contributed by atoms with Crippen LogP contribution in [0, 0.1) is 0 Å². The average Bonchev–Trinajstić information content (AvgIpc) is 2.93. The van der Waals surface area contributed by atoms with Gasteiger partial charge in [0.2, 0.25) is 5.75 Å². The van der Waals surface area contributed by atoms with Crippen LogP contribution in [-0.4, -0.2) is 25.6 Å². The lowest BCUT2D eigenvalue weighted by Crippen LogP contribution is -2.07. The molecule has 4 nitrogen and oxygen atoms in total. The number of allylic oxidation sites excluding steroid dienone is 1. The minimum Gasteiger partial charge on any atom is -0.490 e. The lowest BCUT2D eigenvalue weighted by Gasteiger charge is -2.19. The maximum Gasteiger partial charge on any atom is 0.204 e. The highest BCUT2D eigenvalue weighted by Crippen LogP contribution is 2.41. The van der Waals surface area contributed by atoms with Crippen LogP contribution in [0.2, 0.25) is 0 Å². The Balaban J connectivity index is 2.28.